The summed E-state index contributed by atoms with van der Waals surface area (Å²) in [6.07, 6.45) is 2.94. The lowest BCUT2D eigenvalue weighted by Crippen LogP contribution is -2.19. The Morgan fingerprint density at radius 2 is 2.00 bits per heavy atom. The van der Waals surface area contributed by atoms with E-state index >= 15 is 0 Å². The zero-order valence-electron chi connectivity index (χ0n) is 8.68. The van der Waals surface area contributed by atoms with Crippen LogP contribution >= 0.6 is 0 Å². The molecule has 0 bridgehead atoms. The van der Waals surface area contributed by atoms with Gasteiger partial charge in [0.25, 0.3) is 0 Å². The fourth-order valence-electron chi connectivity index (χ4n) is 1.46. The van der Waals surface area contributed by atoms with Gasteiger partial charge in [-0.2, -0.15) is 0 Å². The van der Waals surface area contributed by atoms with Crippen molar-refractivity contribution in [1.82, 2.24) is 4.68 Å². The molecular formula is C12H13FN2O. The van der Waals surface area contributed by atoms with E-state index in [1.807, 2.05) is 24.5 Å². The van der Waals surface area contributed by atoms with Gasteiger partial charge in [0.1, 0.15) is 5.82 Å². The molecule has 2 aromatic rings. The summed E-state index contributed by atoms with van der Waals surface area (Å²) in [6.45, 7) is 0.331. The molecular weight excluding hydrogens is 207 g/mol. The van der Waals surface area contributed by atoms with Crippen molar-refractivity contribution in [3.63, 3.8) is 0 Å². The van der Waals surface area contributed by atoms with E-state index in [9.17, 15) is 9.50 Å². The average Bonchev–Trinajstić information content (AvgIpc) is 2.78. The standard InChI is InChI=1S/C12H13FN2O/c13-11-5-3-4-10(8-11)12(16)9-14-15-6-1-2-7-15/h1-8,12,14,16H,9H2. The smallest absolute Gasteiger partial charge is 0.123 e. The van der Waals surface area contributed by atoms with Gasteiger partial charge in [-0.1, -0.05) is 12.1 Å². The first-order valence-electron chi connectivity index (χ1n) is 5.06. The van der Waals surface area contributed by atoms with Gasteiger partial charge in [-0.15, -0.1) is 0 Å². The number of aliphatic hydroxyl groups is 1. The number of nitrogens with zero attached hydrogens (tertiary/aromatic N) is 1. The van der Waals surface area contributed by atoms with Gasteiger partial charge in [0.2, 0.25) is 0 Å². The first-order chi connectivity index (χ1) is 7.75. The zero-order chi connectivity index (χ0) is 11.4. The molecule has 1 aromatic heterocycles. The number of hydrogen-bond acceptors (Lipinski definition) is 2. The minimum atomic E-state index is -0.724. The van der Waals surface area contributed by atoms with Crippen LogP contribution < -0.4 is 5.43 Å². The molecule has 3 nitrogen and oxygen atoms in total. The van der Waals surface area contributed by atoms with Crippen LogP contribution in [0, 0.1) is 5.82 Å². The van der Waals surface area contributed by atoms with E-state index in [2.05, 4.69) is 5.43 Å². The maximum absolute atomic E-state index is 12.9. The van der Waals surface area contributed by atoms with Crippen molar-refractivity contribution < 1.29 is 9.50 Å². The van der Waals surface area contributed by atoms with Crippen LogP contribution in [0.5, 0.6) is 0 Å². The van der Waals surface area contributed by atoms with Gasteiger partial charge in [0.15, 0.2) is 0 Å². The minimum absolute atomic E-state index is 0.331. The molecule has 84 valence electrons. The van der Waals surface area contributed by atoms with Gasteiger partial charge in [-0.25, -0.2) is 4.39 Å². The van der Waals surface area contributed by atoms with Crippen molar-refractivity contribution >= 4 is 0 Å². The minimum Gasteiger partial charge on any atom is -0.386 e. The van der Waals surface area contributed by atoms with Crippen LogP contribution in [0.4, 0.5) is 4.39 Å². The van der Waals surface area contributed by atoms with Crippen molar-refractivity contribution in [2.45, 2.75) is 6.10 Å². The number of hydrogen-bond donors (Lipinski definition) is 2. The quantitative estimate of drug-likeness (QED) is 0.825. The normalized spacial score (nSPS) is 12.4. The Labute approximate surface area is 93.1 Å². The fraction of sp³-hybridized carbons (Fsp3) is 0.167. The third kappa shape index (κ3) is 2.61. The molecule has 0 amide bonds. The van der Waals surface area contributed by atoms with E-state index < -0.39 is 6.10 Å². The third-order valence-corrected chi connectivity index (χ3v) is 2.31. The van der Waals surface area contributed by atoms with E-state index in [1.54, 1.807) is 16.8 Å². The molecule has 0 aliphatic rings. The van der Waals surface area contributed by atoms with Crippen molar-refractivity contribution in [1.29, 1.82) is 0 Å². The predicted octanol–water partition coefficient (Wildman–Crippen LogP) is 1.90. The molecule has 0 saturated heterocycles. The second-order valence-electron chi connectivity index (χ2n) is 3.52. The summed E-state index contributed by atoms with van der Waals surface area (Å²) in [6, 6.07) is 9.73. The fourth-order valence-corrected chi connectivity index (χ4v) is 1.46. The summed E-state index contributed by atoms with van der Waals surface area (Å²) >= 11 is 0. The van der Waals surface area contributed by atoms with E-state index in [-0.39, 0.29) is 5.82 Å². The number of nitrogens with one attached hydrogen (secondary N) is 1. The summed E-state index contributed by atoms with van der Waals surface area (Å²) in [7, 11) is 0. The summed E-state index contributed by atoms with van der Waals surface area (Å²) < 4.78 is 14.6. The molecule has 1 atom stereocenters. The van der Waals surface area contributed by atoms with Crippen molar-refractivity contribution in [3.05, 3.63) is 60.2 Å². The van der Waals surface area contributed by atoms with Crippen molar-refractivity contribution in [2.75, 3.05) is 12.0 Å². The Morgan fingerprint density at radius 3 is 2.69 bits per heavy atom. The molecule has 0 aliphatic heterocycles. The maximum Gasteiger partial charge on any atom is 0.123 e. The zero-order valence-corrected chi connectivity index (χ0v) is 8.68. The molecule has 1 unspecified atom stereocenters. The van der Waals surface area contributed by atoms with Crippen LogP contribution in [0.25, 0.3) is 0 Å². The van der Waals surface area contributed by atoms with Gasteiger partial charge in [0.05, 0.1) is 12.6 Å². The summed E-state index contributed by atoms with van der Waals surface area (Å²) in [5, 5.41) is 9.80. The highest BCUT2D eigenvalue weighted by molar-refractivity contribution is 5.19. The van der Waals surface area contributed by atoms with Crippen LogP contribution in [0.15, 0.2) is 48.8 Å². The van der Waals surface area contributed by atoms with Crippen LogP contribution in [0.1, 0.15) is 11.7 Å². The first-order valence-corrected chi connectivity index (χ1v) is 5.06. The van der Waals surface area contributed by atoms with Crippen LogP contribution in [-0.2, 0) is 0 Å². The van der Waals surface area contributed by atoms with Crippen LogP contribution in [-0.4, -0.2) is 16.3 Å². The average molecular weight is 220 g/mol. The molecule has 2 rings (SSSR count). The summed E-state index contributed by atoms with van der Waals surface area (Å²) in [5.74, 6) is -0.336. The number of benzene rings is 1. The lowest BCUT2D eigenvalue weighted by Gasteiger charge is -2.13. The summed E-state index contributed by atoms with van der Waals surface area (Å²) in [4.78, 5) is 0. The molecule has 0 saturated carbocycles. The molecule has 1 heterocycles. The molecule has 0 fully saturated rings. The SMILES string of the molecule is OC(CNn1cccc1)c1cccc(F)c1. The lowest BCUT2D eigenvalue weighted by atomic mass is 10.1. The second kappa shape index (κ2) is 4.81. The molecule has 0 aliphatic carbocycles. The summed E-state index contributed by atoms with van der Waals surface area (Å²) in [5.41, 5.74) is 3.56. The van der Waals surface area contributed by atoms with E-state index in [0.29, 0.717) is 12.1 Å². The second-order valence-corrected chi connectivity index (χ2v) is 3.52. The van der Waals surface area contributed by atoms with Crippen LogP contribution in [0.2, 0.25) is 0 Å². The van der Waals surface area contributed by atoms with Crippen molar-refractivity contribution in [3.8, 4) is 0 Å². The van der Waals surface area contributed by atoms with Crippen LogP contribution in [0.3, 0.4) is 0 Å². The molecule has 16 heavy (non-hydrogen) atoms. The molecule has 4 heteroatoms. The van der Waals surface area contributed by atoms with Crippen molar-refractivity contribution in [2.24, 2.45) is 0 Å². The Kier molecular flexibility index (Phi) is 3.22. The third-order valence-electron chi connectivity index (χ3n) is 2.31. The molecule has 0 spiro atoms. The largest absolute Gasteiger partial charge is 0.386 e. The lowest BCUT2D eigenvalue weighted by molar-refractivity contribution is 0.187. The van der Waals surface area contributed by atoms with Gasteiger partial charge in [0, 0.05) is 12.4 Å². The Morgan fingerprint density at radius 1 is 1.25 bits per heavy atom. The molecule has 1 aromatic carbocycles. The van der Waals surface area contributed by atoms with E-state index in [4.69, 9.17) is 0 Å². The van der Waals surface area contributed by atoms with Gasteiger partial charge < -0.3 is 10.5 Å². The monoisotopic (exact) mass is 220 g/mol. The molecule has 2 N–H and O–H groups in total. The predicted molar refractivity (Wildman–Crippen MR) is 60.0 cm³/mol. The Hall–Kier alpha value is -1.81. The van der Waals surface area contributed by atoms with Gasteiger partial charge in [-0.05, 0) is 29.8 Å². The Bertz CT molecular complexity index is 442. The Balaban J connectivity index is 1.95. The molecule has 0 radical (unpaired) electrons. The highest BCUT2D eigenvalue weighted by Gasteiger charge is 2.07. The highest BCUT2D eigenvalue weighted by Crippen LogP contribution is 2.13. The van der Waals surface area contributed by atoms with Gasteiger partial charge in [-0.3, -0.25) is 4.68 Å². The first kappa shape index (κ1) is 10.7. The highest BCUT2D eigenvalue weighted by atomic mass is 19.1. The number of aliphatic hydroxyl groups excluding tert-OH is 1. The number of halogens is 1. The number of rotatable bonds is 4. The number of aromatic nitrogens is 1. The maximum atomic E-state index is 12.9. The topological polar surface area (TPSA) is 37.2 Å². The van der Waals surface area contributed by atoms with E-state index in [0.717, 1.165) is 0 Å². The van der Waals surface area contributed by atoms with Gasteiger partial charge >= 0.3 is 0 Å². The van der Waals surface area contributed by atoms with E-state index in [1.165, 1.54) is 12.1 Å².